The first kappa shape index (κ1) is 14.6. The van der Waals surface area contributed by atoms with E-state index in [0.29, 0.717) is 5.69 Å². The lowest BCUT2D eigenvalue weighted by molar-refractivity contribution is 0.628. The van der Waals surface area contributed by atoms with Crippen LogP contribution in [0.2, 0.25) is 0 Å². The normalized spacial score (nSPS) is 9.87. The third kappa shape index (κ3) is 3.15. The summed E-state index contributed by atoms with van der Waals surface area (Å²) in [6.07, 6.45) is 0. The average Bonchev–Trinajstić information content (AvgIpc) is 2.99. The van der Waals surface area contributed by atoms with Crippen molar-refractivity contribution in [2.75, 3.05) is 5.43 Å². The smallest absolute Gasteiger partial charge is 0.237 e. The van der Waals surface area contributed by atoms with E-state index in [1.54, 1.807) is 30.3 Å². The second-order valence-electron chi connectivity index (χ2n) is 4.50. The van der Waals surface area contributed by atoms with Gasteiger partial charge in [-0.05, 0) is 42.5 Å². The molecule has 3 aromatic rings. The van der Waals surface area contributed by atoms with E-state index < -0.39 is 0 Å². The van der Waals surface area contributed by atoms with E-state index in [-0.39, 0.29) is 11.5 Å². The number of hydrazone groups is 1. The number of benzene rings is 2. The Bertz CT molecular complexity index is 960. The van der Waals surface area contributed by atoms with Crippen LogP contribution >= 0.6 is 11.3 Å². The van der Waals surface area contributed by atoms with Crippen LogP contribution in [0.5, 0.6) is 0 Å². The monoisotopic (exact) mass is 321 g/mol. The molecule has 23 heavy (non-hydrogen) atoms. The van der Waals surface area contributed by atoms with Crippen LogP contribution in [0.3, 0.4) is 0 Å². The molecule has 5 nitrogen and oxygen atoms in total. The summed E-state index contributed by atoms with van der Waals surface area (Å²) in [5, 5.41) is 21.8. The van der Waals surface area contributed by atoms with Crippen molar-refractivity contribution < 1.29 is 4.39 Å². The summed E-state index contributed by atoms with van der Waals surface area (Å²) in [6.45, 7) is 0. The maximum absolute atomic E-state index is 13.0. The van der Waals surface area contributed by atoms with E-state index in [1.807, 2.05) is 12.1 Å². The molecule has 0 aliphatic rings. The van der Waals surface area contributed by atoms with Gasteiger partial charge in [-0.3, -0.25) is 5.43 Å². The van der Waals surface area contributed by atoms with Gasteiger partial charge in [-0.2, -0.15) is 15.6 Å². The second-order valence-corrected chi connectivity index (χ2v) is 5.53. The van der Waals surface area contributed by atoms with Crippen molar-refractivity contribution >= 4 is 33.0 Å². The van der Waals surface area contributed by atoms with E-state index in [4.69, 9.17) is 10.5 Å². The number of hydrogen-bond donors (Lipinski definition) is 1. The van der Waals surface area contributed by atoms with E-state index in [1.165, 1.54) is 23.5 Å². The summed E-state index contributed by atoms with van der Waals surface area (Å²) in [7, 11) is 0. The van der Waals surface area contributed by atoms with Gasteiger partial charge < -0.3 is 0 Å². The molecule has 3 rings (SSSR count). The van der Waals surface area contributed by atoms with Crippen LogP contribution in [0.1, 0.15) is 0 Å². The number of aromatic nitrogens is 1. The highest BCUT2D eigenvalue weighted by molar-refractivity contribution is 7.21. The molecule has 1 heterocycles. The molecular weight excluding hydrogens is 313 g/mol. The third-order valence-corrected chi connectivity index (χ3v) is 4.06. The Balaban J connectivity index is 1.92. The summed E-state index contributed by atoms with van der Waals surface area (Å²) in [5.74, 6) is -0.287. The van der Waals surface area contributed by atoms with E-state index in [9.17, 15) is 4.39 Å². The first-order valence-electron chi connectivity index (χ1n) is 6.50. The summed E-state index contributed by atoms with van der Waals surface area (Å²) in [5.41, 5.74) is 4.72. The minimum Gasteiger partial charge on any atom is -0.276 e. The molecule has 7 heteroatoms. The van der Waals surface area contributed by atoms with Crippen LogP contribution in [0.15, 0.2) is 47.6 Å². The van der Waals surface area contributed by atoms with Crippen LogP contribution < -0.4 is 5.43 Å². The Morgan fingerprint density at radius 2 is 1.87 bits per heavy atom. The molecule has 0 atom stereocenters. The van der Waals surface area contributed by atoms with Crippen LogP contribution in [0.4, 0.5) is 10.1 Å². The Morgan fingerprint density at radius 1 is 1.13 bits per heavy atom. The number of hydrogen-bond acceptors (Lipinski definition) is 6. The van der Waals surface area contributed by atoms with Crippen molar-refractivity contribution in [2.24, 2.45) is 5.10 Å². The van der Waals surface area contributed by atoms with Gasteiger partial charge in [0.15, 0.2) is 0 Å². The molecule has 0 saturated carbocycles. The number of anilines is 1. The van der Waals surface area contributed by atoms with Crippen LogP contribution in [0.25, 0.3) is 20.8 Å². The van der Waals surface area contributed by atoms with Crippen LogP contribution in [-0.4, -0.2) is 10.7 Å². The third-order valence-electron chi connectivity index (χ3n) is 2.99. The second kappa shape index (κ2) is 6.22. The molecule has 0 aliphatic heterocycles. The Labute approximate surface area is 134 Å². The fraction of sp³-hybridized carbons (Fsp3) is 0. The van der Waals surface area contributed by atoms with Crippen molar-refractivity contribution in [3.05, 3.63) is 48.3 Å². The zero-order valence-electron chi connectivity index (χ0n) is 11.6. The number of nitrogens with zero attached hydrogens (tertiary/aromatic N) is 4. The van der Waals surface area contributed by atoms with E-state index >= 15 is 0 Å². The molecule has 1 N–H and O–H groups in total. The molecule has 0 amide bonds. The summed E-state index contributed by atoms with van der Waals surface area (Å²) < 4.78 is 13.9. The number of nitrogens with one attached hydrogen (secondary N) is 1. The molecule has 0 bridgehead atoms. The molecule has 0 unspecified atom stereocenters. The van der Waals surface area contributed by atoms with Crippen molar-refractivity contribution in [3.8, 4) is 22.7 Å². The Morgan fingerprint density at radius 3 is 2.57 bits per heavy atom. The maximum Gasteiger partial charge on any atom is 0.237 e. The molecular formula is C16H8FN5S. The highest BCUT2D eigenvalue weighted by Gasteiger charge is 2.07. The SMILES string of the molecule is N#CC(C#N)=NNc1ccc2nc(-c3ccc(F)cc3)sc2c1. The average molecular weight is 321 g/mol. The minimum absolute atomic E-state index is 0.249. The molecule has 0 aliphatic carbocycles. The molecule has 2 aromatic carbocycles. The van der Waals surface area contributed by atoms with Gasteiger partial charge in [-0.1, -0.05) is 0 Å². The molecule has 0 radical (unpaired) electrons. The zero-order valence-corrected chi connectivity index (χ0v) is 12.4. The fourth-order valence-electron chi connectivity index (χ4n) is 1.91. The van der Waals surface area contributed by atoms with Gasteiger partial charge in [-0.15, -0.1) is 11.3 Å². The minimum atomic E-state index is -0.287. The summed E-state index contributed by atoms with van der Waals surface area (Å²) in [6, 6.07) is 14.9. The lowest BCUT2D eigenvalue weighted by atomic mass is 10.2. The van der Waals surface area contributed by atoms with Crippen LogP contribution in [0, 0.1) is 28.5 Å². The summed E-state index contributed by atoms with van der Waals surface area (Å²) >= 11 is 1.46. The first-order chi connectivity index (χ1) is 11.2. The van der Waals surface area contributed by atoms with Gasteiger partial charge >= 0.3 is 0 Å². The number of fused-ring (bicyclic) bond motifs is 1. The number of nitriles is 2. The number of halogens is 1. The fourth-order valence-corrected chi connectivity index (χ4v) is 2.92. The summed E-state index contributed by atoms with van der Waals surface area (Å²) in [4.78, 5) is 4.51. The first-order valence-corrected chi connectivity index (χ1v) is 7.31. The topological polar surface area (TPSA) is 84.9 Å². The van der Waals surface area contributed by atoms with Gasteiger partial charge in [0.2, 0.25) is 5.71 Å². The Kier molecular flexibility index (Phi) is 3.96. The number of thiazole rings is 1. The van der Waals surface area contributed by atoms with E-state index in [2.05, 4.69) is 15.5 Å². The number of rotatable bonds is 3. The van der Waals surface area contributed by atoms with Gasteiger partial charge in [0, 0.05) is 5.56 Å². The molecule has 0 fully saturated rings. The molecule has 0 spiro atoms. The zero-order chi connectivity index (χ0) is 16.2. The van der Waals surface area contributed by atoms with Gasteiger partial charge in [0.05, 0.1) is 15.9 Å². The Hall–Kier alpha value is -3.29. The predicted octanol–water partition coefficient (Wildman–Crippen LogP) is 3.92. The van der Waals surface area contributed by atoms with Crippen molar-refractivity contribution in [1.82, 2.24) is 4.98 Å². The highest BCUT2D eigenvalue weighted by Crippen LogP contribution is 2.31. The van der Waals surface area contributed by atoms with Crippen LogP contribution in [-0.2, 0) is 0 Å². The van der Waals surface area contributed by atoms with Gasteiger partial charge in [-0.25, -0.2) is 9.37 Å². The predicted molar refractivity (Wildman–Crippen MR) is 87.3 cm³/mol. The molecule has 1 aromatic heterocycles. The van der Waals surface area contributed by atoms with E-state index in [0.717, 1.165) is 20.8 Å². The standard InChI is InChI=1S/C16H8FN5S/c17-11-3-1-10(2-4-11)16-20-14-6-5-12(7-15(14)23-16)21-22-13(8-18)9-19/h1-7,21H. The van der Waals surface area contributed by atoms with Gasteiger partial charge in [0.25, 0.3) is 0 Å². The highest BCUT2D eigenvalue weighted by atomic mass is 32.1. The van der Waals surface area contributed by atoms with Gasteiger partial charge in [0.1, 0.15) is 23.0 Å². The lowest BCUT2D eigenvalue weighted by Gasteiger charge is -1.98. The maximum atomic E-state index is 13.0. The largest absolute Gasteiger partial charge is 0.276 e. The lowest BCUT2D eigenvalue weighted by Crippen LogP contribution is -1.95. The van der Waals surface area contributed by atoms with Crippen molar-refractivity contribution in [3.63, 3.8) is 0 Å². The molecule has 0 saturated heterocycles. The quantitative estimate of drug-likeness (QED) is 0.585. The van der Waals surface area contributed by atoms with Crippen molar-refractivity contribution in [1.29, 1.82) is 10.5 Å². The molecule has 110 valence electrons. The van der Waals surface area contributed by atoms with Crippen molar-refractivity contribution in [2.45, 2.75) is 0 Å².